The first-order valence-electron chi connectivity index (χ1n) is 11.8. The number of pyridine rings is 1. The molecule has 1 heterocycles. The predicted octanol–water partition coefficient (Wildman–Crippen LogP) is 6.33. The van der Waals surface area contributed by atoms with Gasteiger partial charge in [0, 0.05) is 16.3 Å². The number of carbonyl (C=O) groups is 3. The summed E-state index contributed by atoms with van der Waals surface area (Å²) in [5.74, 6) is -1.05. The van der Waals surface area contributed by atoms with E-state index in [0.29, 0.717) is 45.1 Å². The maximum absolute atomic E-state index is 13.4. The molecule has 0 saturated heterocycles. The van der Waals surface area contributed by atoms with Gasteiger partial charge in [0.25, 0.3) is 0 Å². The van der Waals surface area contributed by atoms with E-state index in [2.05, 4.69) is 4.98 Å². The molecular weight excluding hydrogens is 466 g/mol. The monoisotopic (exact) mass is 489 g/mol. The van der Waals surface area contributed by atoms with Gasteiger partial charge in [-0.05, 0) is 78.9 Å². The van der Waals surface area contributed by atoms with Gasteiger partial charge in [-0.25, -0.2) is 14.6 Å². The van der Waals surface area contributed by atoms with Gasteiger partial charge in [-0.2, -0.15) is 0 Å². The molecular formula is C31H23NO5. The standard InChI is InChI=1S/C31H23NO5/c1-18-13-22(30(34)35)14-19(2)26(18)15-20-7-10-23(11-8-20)37-31(36)29-24-5-3-4-6-27(24)32-28-16-21(17-33)9-12-25(28)29/h3-14,16-17H,15H2,1-2H3,(H,34,35). The van der Waals surface area contributed by atoms with Gasteiger partial charge in [-0.15, -0.1) is 0 Å². The number of aryl methyl sites for hydroxylation is 2. The zero-order valence-electron chi connectivity index (χ0n) is 20.3. The summed E-state index contributed by atoms with van der Waals surface area (Å²) in [6.07, 6.45) is 1.38. The number of aromatic carboxylic acids is 1. The maximum Gasteiger partial charge on any atom is 0.344 e. The Balaban J connectivity index is 1.43. The van der Waals surface area contributed by atoms with Crippen LogP contribution in [0.5, 0.6) is 5.75 Å². The van der Waals surface area contributed by atoms with Crippen LogP contribution in [-0.2, 0) is 6.42 Å². The number of para-hydroxylation sites is 1. The highest BCUT2D eigenvalue weighted by Gasteiger charge is 2.19. The van der Waals surface area contributed by atoms with E-state index in [1.54, 1.807) is 42.5 Å². The lowest BCUT2D eigenvalue weighted by atomic mass is 9.94. The van der Waals surface area contributed by atoms with Gasteiger partial charge in [-0.3, -0.25) is 4.79 Å². The minimum Gasteiger partial charge on any atom is -0.478 e. The van der Waals surface area contributed by atoms with E-state index < -0.39 is 11.9 Å². The van der Waals surface area contributed by atoms with Gasteiger partial charge in [0.1, 0.15) is 12.0 Å². The van der Waals surface area contributed by atoms with Crippen molar-refractivity contribution < 1.29 is 24.2 Å². The third-order valence-corrected chi connectivity index (χ3v) is 6.50. The smallest absolute Gasteiger partial charge is 0.344 e. The molecule has 182 valence electrons. The highest BCUT2D eigenvalue weighted by molar-refractivity contribution is 6.15. The Bertz CT molecular complexity index is 1680. The van der Waals surface area contributed by atoms with Crippen LogP contribution in [-0.4, -0.2) is 28.3 Å². The fourth-order valence-corrected chi connectivity index (χ4v) is 4.64. The summed E-state index contributed by atoms with van der Waals surface area (Å²) in [6.45, 7) is 3.82. The first kappa shape index (κ1) is 23.9. The number of fused-ring (bicyclic) bond motifs is 2. The summed E-state index contributed by atoms with van der Waals surface area (Å²) >= 11 is 0. The van der Waals surface area contributed by atoms with Gasteiger partial charge in [0.05, 0.1) is 22.2 Å². The fourth-order valence-electron chi connectivity index (χ4n) is 4.64. The van der Waals surface area contributed by atoms with E-state index in [1.807, 2.05) is 50.2 Å². The number of hydrogen-bond acceptors (Lipinski definition) is 5. The molecule has 0 aliphatic heterocycles. The van der Waals surface area contributed by atoms with Crippen molar-refractivity contribution >= 4 is 40.0 Å². The van der Waals surface area contributed by atoms with Gasteiger partial charge < -0.3 is 9.84 Å². The predicted molar refractivity (Wildman–Crippen MR) is 142 cm³/mol. The molecule has 5 rings (SSSR count). The summed E-state index contributed by atoms with van der Waals surface area (Å²) in [5.41, 5.74) is 6.25. The molecule has 1 aromatic heterocycles. The summed E-state index contributed by atoms with van der Waals surface area (Å²) < 4.78 is 5.77. The SMILES string of the molecule is Cc1cc(C(=O)O)cc(C)c1Cc1ccc(OC(=O)c2c3ccccc3nc3cc(C=O)ccc23)cc1. The first-order chi connectivity index (χ1) is 17.8. The second-order valence-corrected chi connectivity index (χ2v) is 9.00. The highest BCUT2D eigenvalue weighted by atomic mass is 16.5. The van der Waals surface area contributed by atoms with Crippen LogP contribution >= 0.6 is 0 Å². The van der Waals surface area contributed by atoms with Crippen molar-refractivity contribution in [2.75, 3.05) is 0 Å². The molecule has 0 amide bonds. The number of hydrogen-bond donors (Lipinski definition) is 1. The average molecular weight is 490 g/mol. The van der Waals surface area contributed by atoms with Crippen LogP contribution in [0.2, 0.25) is 0 Å². The maximum atomic E-state index is 13.4. The summed E-state index contributed by atoms with van der Waals surface area (Å²) in [4.78, 5) is 40.6. The Morgan fingerprint density at radius 2 is 1.54 bits per heavy atom. The van der Waals surface area contributed by atoms with E-state index in [-0.39, 0.29) is 5.56 Å². The third-order valence-electron chi connectivity index (χ3n) is 6.50. The van der Waals surface area contributed by atoms with Crippen LogP contribution in [0.25, 0.3) is 21.8 Å². The topological polar surface area (TPSA) is 93.6 Å². The van der Waals surface area contributed by atoms with Gasteiger partial charge in [-0.1, -0.05) is 42.5 Å². The van der Waals surface area contributed by atoms with Crippen molar-refractivity contribution in [1.29, 1.82) is 0 Å². The Kier molecular flexibility index (Phi) is 6.24. The second-order valence-electron chi connectivity index (χ2n) is 9.00. The Hall–Kier alpha value is -4.84. The number of rotatable bonds is 6. The van der Waals surface area contributed by atoms with Crippen molar-refractivity contribution in [1.82, 2.24) is 4.98 Å². The molecule has 0 atom stereocenters. The van der Waals surface area contributed by atoms with E-state index in [1.165, 1.54) is 0 Å². The molecule has 0 fully saturated rings. The van der Waals surface area contributed by atoms with Crippen molar-refractivity contribution in [2.45, 2.75) is 20.3 Å². The number of carbonyl (C=O) groups excluding carboxylic acids is 2. The fraction of sp³-hybridized carbons (Fsp3) is 0.0968. The second kappa shape index (κ2) is 9.66. The molecule has 0 aliphatic rings. The summed E-state index contributed by atoms with van der Waals surface area (Å²) in [5, 5.41) is 10.6. The number of carboxylic acid groups (broad SMARTS) is 1. The van der Waals surface area contributed by atoms with Crippen molar-refractivity contribution in [2.24, 2.45) is 0 Å². The number of ether oxygens (including phenoxy) is 1. The minimum absolute atomic E-state index is 0.277. The van der Waals surface area contributed by atoms with Crippen molar-refractivity contribution in [3.8, 4) is 5.75 Å². The van der Waals surface area contributed by atoms with E-state index >= 15 is 0 Å². The van der Waals surface area contributed by atoms with Gasteiger partial charge in [0.2, 0.25) is 0 Å². The molecule has 0 bridgehead atoms. The largest absolute Gasteiger partial charge is 0.478 e. The van der Waals surface area contributed by atoms with E-state index in [4.69, 9.17) is 4.74 Å². The summed E-state index contributed by atoms with van der Waals surface area (Å²) in [6, 6.07) is 23.0. The number of aromatic nitrogens is 1. The number of benzene rings is 4. The highest BCUT2D eigenvalue weighted by Crippen LogP contribution is 2.28. The number of carboxylic acids is 1. The molecule has 6 heteroatoms. The molecule has 0 spiro atoms. The molecule has 37 heavy (non-hydrogen) atoms. The lowest BCUT2D eigenvalue weighted by molar-refractivity contribution is 0.0694. The zero-order valence-corrected chi connectivity index (χ0v) is 20.3. The lowest BCUT2D eigenvalue weighted by Gasteiger charge is -2.13. The number of esters is 1. The Morgan fingerprint density at radius 1 is 0.865 bits per heavy atom. The average Bonchev–Trinajstić information content (AvgIpc) is 2.89. The lowest BCUT2D eigenvalue weighted by Crippen LogP contribution is -2.11. The third kappa shape index (κ3) is 4.69. The molecule has 1 N–H and O–H groups in total. The van der Waals surface area contributed by atoms with Crippen LogP contribution in [0, 0.1) is 13.8 Å². The van der Waals surface area contributed by atoms with Gasteiger partial charge in [0.15, 0.2) is 0 Å². The van der Waals surface area contributed by atoms with Crippen LogP contribution in [0.3, 0.4) is 0 Å². The molecule has 0 aliphatic carbocycles. The van der Waals surface area contributed by atoms with Crippen LogP contribution < -0.4 is 4.74 Å². The van der Waals surface area contributed by atoms with Crippen molar-refractivity contribution in [3.05, 3.63) is 118 Å². The quantitative estimate of drug-likeness (QED) is 0.130. The number of nitrogens with zero attached hydrogens (tertiary/aromatic N) is 1. The molecule has 0 saturated carbocycles. The Morgan fingerprint density at radius 3 is 2.22 bits per heavy atom. The molecule has 0 unspecified atom stereocenters. The summed E-state index contributed by atoms with van der Waals surface area (Å²) in [7, 11) is 0. The van der Waals surface area contributed by atoms with Gasteiger partial charge >= 0.3 is 11.9 Å². The first-order valence-corrected chi connectivity index (χ1v) is 11.8. The number of aldehydes is 1. The zero-order chi connectivity index (χ0) is 26.1. The van der Waals surface area contributed by atoms with Crippen LogP contribution in [0.15, 0.2) is 78.9 Å². The molecule has 5 aromatic rings. The molecule has 0 radical (unpaired) electrons. The van der Waals surface area contributed by atoms with Crippen LogP contribution in [0.1, 0.15) is 53.3 Å². The molecule has 4 aromatic carbocycles. The van der Waals surface area contributed by atoms with Crippen molar-refractivity contribution in [3.63, 3.8) is 0 Å². The minimum atomic E-state index is -0.942. The van der Waals surface area contributed by atoms with E-state index in [0.717, 1.165) is 28.5 Å². The molecule has 6 nitrogen and oxygen atoms in total. The van der Waals surface area contributed by atoms with Crippen LogP contribution in [0.4, 0.5) is 0 Å². The van der Waals surface area contributed by atoms with E-state index in [9.17, 15) is 19.5 Å². The Labute approximate surface area is 213 Å². The normalized spacial score (nSPS) is 11.0.